The summed E-state index contributed by atoms with van der Waals surface area (Å²) in [6.45, 7) is 2.23. The lowest BCUT2D eigenvalue weighted by Gasteiger charge is -2.11. The first-order valence-corrected chi connectivity index (χ1v) is 12.5. The van der Waals surface area contributed by atoms with Crippen LogP contribution in [0.2, 0.25) is 0 Å². The molecule has 1 nitrogen and oxygen atoms in total. The van der Waals surface area contributed by atoms with Crippen LogP contribution in [0, 0.1) is 10.5 Å². The molecule has 0 aliphatic heterocycles. The highest BCUT2D eigenvalue weighted by Gasteiger charge is 2.27. The van der Waals surface area contributed by atoms with Crippen molar-refractivity contribution in [1.82, 2.24) is 4.98 Å². The summed E-state index contributed by atoms with van der Waals surface area (Å²) in [4.78, 5) is 5.04. The third kappa shape index (κ3) is 3.93. The SMILES string of the molecule is Cc1cc(Cc2csc(-c3ccc4c(c3)CCCCC4)n2)c(C2CC2)cc1I. The molecule has 2 aromatic carbocycles. The second-order valence-corrected chi connectivity index (χ2v) is 10.5. The Morgan fingerprint density at radius 3 is 2.68 bits per heavy atom. The smallest absolute Gasteiger partial charge is 0.123 e. The fourth-order valence-corrected chi connectivity index (χ4v) is 5.75. The number of nitrogens with zero attached hydrogens (tertiary/aromatic N) is 1. The van der Waals surface area contributed by atoms with E-state index in [-0.39, 0.29) is 0 Å². The lowest BCUT2D eigenvalue weighted by Crippen LogP contribution is -1.98. The zero-order valence-electron chi connectivity index (χ0n) is 16.4. The third-order valence-corrected chi connectivity index (χ3v) is 8.31. The zero-order valence-corrected chi connectivity index (χ0v) is 19.4. The molecule has 0 saturated heterocycles. The van der Waals surface area contributed by atoms with Crippen LogP contribution in [0.1, 0.15) is 71.5 Å². The number of benzene rings is 2. The molecule has 3 aromatic rings. The summed E-state index contributed by atoms with van der Waals surface area (Å²) in [5.74, 6) is 0.784. The van der Waals surface area contributed by atoms with Gasteiger partial charge in [0.15, 0.2) is 0 Å². The number of aromatic nitrogens is 1. The summed E-state index contributed by atoms with van der Waals surface area (Å²) in [5.41, 5.74) is 10.1. The molecule has 28 heavy (non-hydrogen) atoms. The minimum Gasteiger partial charge on any atom is -0.241 e. The Kier molecular flexibility index (Phi) is 5.31. The zero-order chi connectivity index (χ0) is 19.1. The molecule has 1 fully saturated rings. The Balaban J connectivity index is 1.42. The van der Waals surface area contributed by atoms with Crippen molar-refractivity contribution in [3.8, 4) is 10.6 Å². The van der Waals surface area contributed by atoms with Crippen LogP contribution in [0.25, 0.3) is 10.6 Å². The van der Waals surface area contributed by atoms with Gasteiger partial charge >= 0.3 is 0 Å². The molecule has 0 unspecified atom stereocenters. The summed E-state index contributed by atoms with van der Waals surface area (Å²) < 4.78 is 1.40. The minimum atomic E-state index is 0.784. The molecule has 0 N–H and O–H groups in total. The van der Waals surface area contributed by atoms with Crippen LogP contribution >= 0.6 is 33.9 Å². The second-order valence-electron chi connectivity index (χ2n) is 8.44. The van der Waals surface area contributed by atoms with Gasteiger partial charge in [0.05, 0.1) is 5.69 Å². The number of halogens is 1. The maximum Gasteiger partial charge on any atom is 0.123 e. The van der Waals surface area contributed by atoms with Gasteiger partial charge in [-0.1, -0.05) is 24.6 Å². The number of fused-ring (bicyclic) bond motifs is 1. The normalized spacial score (nSPS) is 16.6. The third-order valence-electron chi connectivity index (χ3n) is 6.21. The van der Waals surface area contributed by atoms with E-state index in [1.165, 1.54) is 75.9 Å². The maximum atomic E-state index is 5.04. The predicted molar refractivity (Wildman–Crippen MR) is 127 cm³/mol. The van der Waals surface area contributed by atoms with E-state index >= 15 is 0 Å². The molecule has 0 atom stereocenters. The molecule has 5 rings (SSSR count). The van der Waals surface area contributed by atoms with Crippen molar-refractivity contribution in [3.63, 3.8) is 0 Å². The Morgan fingerprint density at radius 1 is 1.04 bits per heavy atom. The van der Waals surface area contributed by atoms with E-state index in [0.29, 0.717) is 0 Å². The van der Waals surface area contributed by atoms with Crippen LogP contribution in [-0.4, -0.2) is 4.98 Å². The van der Waals surface area contributed by atoms with Gasteiger partial charge in [0.1, 0.15) is 5.01 Å². The molecular formula is C25H26INS. The molecule has 1 heterocycles. The van der Waals surface area contributed by atoms with Crippen molar-refractivity contribution in [2.24, 2.45) is 0 Å². The summed E-state index contributed by atoms with van der Waals surface area (Å²) in [6.07, 6.45) is 10.2. The average Bonchev–Trinajstić information content (AvgIpc) is 3.47. The summed E-state index contributed by atoms with van der Waals surface area (Å²) >= 11 is 4.28. The molecule has 3 heteroatoms. The number of hydrogen-bond acceptors (Lipinski definition) is 2. The Bertz CT molecular complexity index is 1020. The molecule has 0 radical (unpaired) electrons. The Hall–Kier alpha value is -1.20. The largest absolute Gasteiger partial charge is 0.241 e. The minimum absolute atomic E-state index is 0.784. The highest BCUT2D eigenvalue weighted by molar-refractivity contribution is 14.1. The fourth-order valence-electron chi connectivity index (χ4n) is 4.44. The summed E-state index contributed by atoms with van der Waals surface area (Å²) in [7, 11) is 0. The molecule has 0 spiro atoms. The quantitative estimate of drug-likeness (QED) is 0.268. The number of rotatable bonds is 4. The van der Waals surface area contributed by atoms with Crippen molar-refractivity contribution in [2.75, 3.05) is 0 Å². The average molecular weight is 499 g/mol. The van der Waals surface area contributed by atoms with E-state index in [0.717, 1.165) is 12.3 Å². The summed E-state index contributed by atoms with van der Waals surface area (Å²) in [6, 6.07) is 11.9. The molecule has 1 aromatic heterocycles. The number of thiazole rings is 1. The molecule has 1 saturated carbocycles. The fraction of sp³-hybridized carbons (Fsp3) is 0.400. The highest BCUT2D eigenvalue weighted by Crippen LogP contribution is 2.43. The van der Waals surface area contributed by atoms with E-state index in [2.05, 4.69) is 65.2 Å². The van der Waals surface area contributed by atoms with Gasteiger partial charge in [0.25, 0.3) is 0 Å². The molecule has 2 aliphatic rings. The predicted octanol–water partition coefficient (Wildman–Crippen LogP) is 7.46. The van der Waals surface area contributed by atoms with Gasteiger partial charge in [-0.25, -0.2) is 4.98 Å². The van der Waals surface area contributed by atoms with Crippen molar-refractivity contribution < 1.29 is 0 Å². The van der Waals surface area contributed by atoms with E-state index in [1.54, 1.807) is 28.0 Å². The molecule has 0 bridgehead atoms. The van der Waals surface area contributed by atoms with Crippen molar-refractivity contribution in [2.45, 2.75) is 64.2 Å². The van der Waals surface area contributed by atoms with Gasteiger partial charge < -0.3 is 0 Å². The van der Waals surface area contributed by atoms with Crippen molar-refractivity contribution in [1.29, 1.82) is 0 Å². The van der Waals surface area contributed by atoms with Gasteiger partial charge in [-0.15, -0.1) is 11.3 Å². The molecular weight excluding hydrogens is 473 g/mol. The standard InChI is InChI=1S/C25H26INS/c1-16-11-21(23(14-24(16)26)18-8-9-18)13-22-15-28-25(27-22)20-10-7-17-5-3-2-4-6-19(17)12-20/h7,10-12,14-15,18H,2-6,8-9,13H2,1H3. The van der Waals surface area contributed by atoms with Crippen molar-refractivity contribution >= 4 is 33.9 Å². The Morgan fingerprint density at radius 2 is 1.86 bits per heavy atom. The lowest BCUT2D eigenvalue weighted by molar-refractivity contribution is 0.711. The first-order valence-electron chi connectivity index (χ1n) is 10.5. The first-order chi connectivity index (χ1) is 13.7. The van der Waals surface area contributed by atoms with Crippen LogP contribution in [0.15, 0.2) is 35.7 Å². The molecule has 144 valence electrons. The summed E-state index contributed by atoms with van der Waals surface area (Å²) in [5, 5.41) is 3.45. The van der Waals surface area contributed by atoms with Crippen LogP contribution < -0.4 is 0 Å². The number of hydrogen-bond donors (Lipinski definition) is 0. The van der Waals surface area contributed by atoms with E-state index in [1.807, 2.05) is 0 Å². The van der Waals surface area contributed by atoms with E-state index in [9.17, 15) is 0 Å². The van der Waals surface area contributed by atoms with E-state index < -0.39 is 0 Å². The molecule has 2 aliphatic carbocycles. The topological polar surface area (TPSA) is 12.9 Å². The van der Waals surface area contributed by atoms with Gasteiger partial charge in [0.2, 0.25) is 0 Å². The van der Waals surface area contributed by atoms with Crippen LogP contribution in [0.5, 0.6) is 0 Å². The van der Waals surface area contributed by atoms with Gasteiger partial charge in [-0.3, -0.25) is 0 Å². The van der Waals surface area contributed by atoms with Crippen LogP contribution in [-0.2, 0) is 19.3 Å². The van der Waals surface area contributed by atoms with E-state index in [4.69, 9.17) is 4.98 Å². The van der Waals surface area contributed by atoms with Gasteiger partial charge in [-0.05, 0) is 114 Å². The van der Waals surface area contributed by atoms with Crippen LogP contribution in [0.3, 0.4) is 0 Å². The first kappa shape index (κ1) is 18.8. The maximum absolute atomic E-state index is 5.04. The second kappa shape index (κ2) is 7.91. The monoisotopic (exact) mass is 499 g/mol. The van der Waals surface area contributed by atoms with Crippen molar-refractivity contribution in [3.05, 3.63) is 72.8 Å². The van der Waals surface area contributed by atoms with Crippen LogP contribution in [0.4, 0.5) is 0 Å². The highest BCUT2D eigenvalue weighted by atomic mass is 127. The Labute approximate surface area is 185 Å². The van der Waals surface area contributed by atoms with Gasteiger partial charge in [0, 0.05) is 20.9 Å². The number of aryl methyl sites for hydroxylation is 3. The molecule has 0 amide bonds. The lowest BCUT2D eigenvalue weighted by atomic mass is 9.97. The van der Waals surface area contributed by atoms with Gasteiger partial charge in [-0.2, -0.15) is 0 Å².